The van der Waals surface area contributed by atoms with Gasteiger partial charge >= 0.3 is 18.2 Å². The third-order valence-electron chi connectivity index (χ3n) is 6.17. The van der Waals surface area contributed by atoms with Crippen molar-refractivity contribution in [2.45, 2.75) is 25.4 Å². The zero-order valence-electron chi connectivity index (χ0n) is 23.2. The molecule has 0 aliphatic rings. The summed E-state index contributed by atoms with van der Waals surface area (Å²) in [6.07, 6.45) is -4.60. The van der Waals surface area contributed by atoms with Gasteiger partial charge < -0.3 is 19.9 Å². The minimum Gasteiger partial charge on any atom is -0.480 e. The minimum absolute atomic E-state index is 0.100. The van der Waals surface area contributed by atoms with Gasteiger partial charge in [0.15, 0.2) is 6.04 Å². The molecule has 12 heteroatoms. The summed E-state index contributed by atoms with van der Waals surface area (Å²) >= 11 is 0. The minimum atomic E-state index is -4.60. The van der Waals surface area contributed by atoms with Crippen LogP contribution in [0, 0.1) is 0 Å². The number of rotatable bonds is 11. The summed E-state index contributed by atoms with van der Waals surface area (Å²) < 4.78 is 50.3. The molecule has 3 N–H and O–H groups in total. The zero-order chi connectivity index (χ0) is 31.5. The first-order chi connectivity index (χ1) is 21.1. The predicted molar refractivity (Wildman–Crippen MR) is 153 cm³/mol. The average Bonchev–Trinajstić information content (AvgIpc) is 3.01. The number of urea groups is 1. The summed E-state index contributed by atoms with van der Waals surface area (Å²) in [4.78, 5) is 38.2. The van der Waals surface area contributed by atoms with E-state index >= 15 is 0 Å². The molecule has 228 valence electrons. The van der Waals surface area contributed by atoms with Gasteiger partial charge in [-0.2, -0.15) is 13.2 Å². The lowest BCUT2D eigenvalue weighted by atomic mass is 10.1. The van der Waals surface area contributed by atoms with Crippen molar-refractivity contribution >= 4 is 17.9 Å². The maximum Gasteiger partial charge on any atom is 0.416 e. The van der Waals surface area contributed by atoms with E-state index in [9.17, 15) is 32.7 Å². The molecule has 0 saturated carbocycles. The van der Waals surface area contributed by atoms with E-state index in [1.807, 2.05) is 12.1 Å². The molecule has 4 aromatic carbocycles. The van der Waals surface area contributed by atoms with E-state index in [1.54, 1.807) is 72.8 Å². The molecule has 0 unspecified atom stereocenters. The number of nitrogens with zero attached hydrogens (tertiary/aromatic N) is 1. The topological polar surface area (TPSA) is 117 Å². The maximum atomic E-state index is 13.3. The number of alkyl halides is 3. The van der Waals surface area contributed by atoms with Gasteiger partial charge in [-0.15, -0.1) is 0 Å². The van der Waals surface area contributed by atoms with Crippen molar-refractivity contribution in [3.63, 3.8) is 0 Å². The third-order valence-corrected chi connectivity index (χ3v) is 6.17. The van der Waals surface area contributed by atoms with Crippen LogP contribution < -0.4 is 15.5 Å². The lowest BCUT2D eigenvalue weighted by molar-refractivity contribution is -0.141. The van der Waals surface area contributed by atoms with Crippen molar-refractivity contribution in [1.82, 2.24) is 15.8 Å². The smallest absolute Gasteiger partial charge is 0.416 e. The molecular weight excluding hydrogens is 579 g/mol. The molecule has 0 aliphatic heterocycles. The molecule has 0 fully saturated rings. The molecule has 9 nitrogen and oxygen atoms in total. The fraction of sp³-hybridized carbons (Fsp3) is 0.156. The van der Waals surface area contributed by atoms with Gasteiger partial charge in [0.05, 0.1) is 25.3 Å². The first-order valence-electron chi connectivity index (χ1n) is 13.3. The van der Waals surface area contributed by atoms with Crippen molar-refractivity contribution in [2.75, 3.05) is 6.61 Å². The summed E-state index contributed by atoms with van der Waals surface area (Å²) in [6, 6.07) is 25.5. The molecule has 0 aliphatic carbocycles. The first-order valence-corrected chi connectivity index (χ1v) is 13.3. The van der Waals surface area contributed by atoms with E-state index in [2.05, 4.69) is 10.7 Å². The van der Waals surface area contributed by atoms with Crippen LogP contribution in [-0.4, -0.2) is 40.7 Å². The van der Waals surface area contributed by atoms with Gasteiger partial charge in [0, 0.05) is 5.56 Å². The molecule has 0 aromatic heterocycles. The molecule has 3 amide bonds. The molecule has 1 atom stereocenters. The lowest BCUT2D eigenvalue weighted by Gasteiger charge is -2.26. The molecule has 0 spiro atoms. The Balaban J connectivity index is 1.51. The molecule has 0 bridgehead atoms. The normalized spacial score (nSPS) is 11.7. The van der Waals surface area contributed by atoms with Gasteiger partial charge in [0.25, 0.3) is 5.91 Å². The second kappa shape index (κ2) is 14.7. The molecule has 4 aromatic rings. The Morgan fingerprint density at radius 2 is 1.41 bits per heavy atom. The van der Waals surface area contributed by atoms with Crippen molar-refractivity contribution in [2.24, 2.45) is 0 Å². The SMILES string of the molecule is O=C(NN(Cc1cccc(Oc2ccccc2)c1)C(=O)N[C@@H](COCc1ccccc1)C(=O)O)c1ccc(C(F)(F)F)cc1. The lowest BCUT2D eigenvalue weighted by Crippen LogP contribution is -2.55. The molecule has 4 rings (SSSR count). The van der Waals surface area contributed by atoms with E-state index in [0.29, 0.717) is 17.1 Å². The number of benzene rings is 4. The first kappa shape index (κ1) is 31.6. The van der Waals surface area contributed by atoms with Gasteiger partial charge in [0.2, 0.25) is 0 Å². The number of hydrazine groups is 1. The van der Waals surface area contributed by atoms with E-state index in [1.165, 1.54) is 0 Å². The average molecular weight is 608 g/mol. The molecular formula is C32H28F3N3O6. The quantitative estimate of drug-likeness (QED) is 0.180. The van der Waals surface area contributed by atoms with E-state index in [4.69, 9.17) is 9.47 Å². The third kappa shape index (κ3) is 9.33. The number of halogens is 3. The van der Waals surface area contributed by atoms with Gasteiger partial charge in [0.1, 0.15) is 11.5 Å². The maximum absolute atomic E-state index is 13.3. The van der Waals surface area contributed by atoms with Crippen molar-refractivity contribution in [3.8, 4) is 11.5 Å². The summed E-state index contributed by atoms with van der Waals surface area (Å²) in [7, 11) is 0. The fourth-order valence-electron chi connectivity index (χ4n) is 3.94. The van der Waals surface area contributed by atoms with Crippen LogP contribution in [0.2, 0.25) is 0 Å². The number of hydrogen-bond donors (Lipinski definition) is 3. The highest BCUT2D eigenvalue weighted by Crippen LogP contribution is 2.29. The Hall–Kier alpha value is -5.36. The predicted octanol–water partition coefficient (Wildman–Crippen LogP) is 6.02. The Bertz CT molecular complexity index is 1550. The van der Waals surface area contributed by atoms with Crippen molar-refractivity contribution in [3.05, 3.63) is 131 Å². The van der Waals surface area contributed by atoms with Crippen LogP contribution in [0.4, 0.5) is 18.0 Å². The Morgan fingerprint density at radius 1 is 0.795 bits per heavy atom. The number of carboxylic acid groups (broad SMARTS) is 1. The second-order valence-electron chi connectivity index (χ2n) is 9.51. The molecule has 0 radical (unpaired) electrons. The van der Waals surface area contributed by atoms with Crippen molar-refractivity contribution in [1.29, 1.82) is 0 Å². The highest BCUT2D eigenvalue weighted by Gasteiger charge is 2.30. The number of nitrogens with one attached hydrogen (secondary N) is 2. The summed E-state index contributed by atoms with van der Waals surface area (Å²) in [5.41, 5.74) is 2.55. The van der Waals surface area contributed by atoms with Crippen molar-refractivity contribution < 1.29 is 42.1 Å². The standard InChI is InChI=1S/C32H28F3N3O6/c33-32(34,35)25-16-14-24(15-17-25)29(39)37-38(19-23-10-7-13-27(18-23)44-26-11-5-2-6-12-26)31(42)36-28(30(40)41)21-43-20-22-8-3-1-4-9-22/h1-18,28H,19-21H2,(H,36,42)(H,37,39)(H,40,41)/t28-/m0/s1. The number of aliphatic carboxylic acids is 1. The summed E-state index contributed by atoms with van der Waals surface area (Å²) in [6.45, 7) is -0.526. The van der Waals surface area contributed by atoms with Crippen LogP contribution in [0.5, 0.6) is 11.5 Å². The van der Waals surface area contributed by atoms with Crippen LogP contribution in [-0.2, 0) is 28.9 Å². The van der Waals surface area contributed by atoms with Crippen LogP contribution >= 0.6 is 0 Å². The van der Waals surface area contributed by atoms with Gasteiger partial charge in [-0.25, -0.2) is 14.6 Å². The number of hydrogen-bond acceptors (Lipinski definition) is 5. The number of carboxylic acids is 1. The highest BCUT2D eigenvalue weighted by atomic mass is 19.4. The van der Waals surface area contributed by atoms with Gasteiger partial charge in [-0.3, -0.25) is 10.2 Å². The Kier molecular flexibility index (Phi) is 10.5. The van der Waals surface area contributed by atoms with E-state index < -0.39 is 35.7 Å². The second-order valence-corrected chi connectivity index (χ2v) is 9.51. The number of amides is 3. The molecule has 44 heavy (non-hydrogen) atoms. The van der Waals surface area contributed by atoms with E-state index in [-0.39, 0.29) is 25.3 Å². The van der Waals surface area contributed by atoms with Gasteiger partial charge in [-0.1, -0.05) is 60.7 Å². The van der Waals surface area contributed by atoms with Crippen LogP contribution in [0.25, 0.3) is 0 Å². The van der Waals surface area contributed by atoms with Crippen LogP contribution in [0.3, 0.4) is 0 Å². The van der Waals surface area contributed by atoms with Crippen LogP contribution in [0.1, 0.15) is 27.0 Å². The highest BCUT2D eigenvalue weighted by molar-refractivity contribution is 5.95. The molecule has 0 saturated heterocycles. The molecule has 0 heterocycles. The fourth-order valence-corrected chi connectivity index (χ4v) is 3.94. The Morgan fingerprint density at radius 3 is 2.05 bits per heavy atom. The number of carbonyl (C=O) groups excluding carboxylic acids is 2. The number of carbonyl (C=O) groups is 3. The van der Waals surface area contributed by atoms with Gasteiger partial charge in [-0.05, 0) is 59.7 Å². The van der Waals surface area contributed by atoms with E-state index in [0.717, 1.165) is 34.8 Å². The van der Waals surface area contributed by atoms with Crippen LogP contribution in [0.15, 0.2) is 109 Å². The number of ether oxygens (including phenoxy) is 2. The summed E-state index contributed by atoms with van der Waals surface area (Å²) in [5, 5.41) is 12.9. The zero-order valence-corrected chi connectivity index (χ0v) is 23.2. The monoisotopic (exact) mass is 607 g/mol. The largest absolute Gasteiger partial charge is 0.480 e. The number of para-hydroxylation sites is 1. The summed E-state index contributed by atoms with van der Waals surface area (Å²) in [5.74, 6) is -1.27. The Labute approximate surface area is 250 Å².